The zero-order chi connectivity index (χ0) is 10.4. The average Bonchev–Trinajstić information content (AvgIpc) is 2.60. The average molecular weight is 314 g/mol. The van der Waals surface area contributed by atoms with Crippen LogP contribution in [0.15, 0.2) is 26.8 Å². The van der Waals surface area contributed by atoms with Gasteiger partial charge in [0.05, 0.1) is 6.04 Å². The first-order chi connectivity index (χ1) is 7.27. The first-order valence-electron chi connectivity index (χ1n) is 5.64. The van der Waals surface area contributed by atoms with E-state index in [4.69, 9.17) is 10.7 Å². The van der Waals surface area contributed by atoms with Crippen molar-refractivity contribution in [1.82, 2.24) is 0 Å². The van der Waals surface area contributed by atoms with Crippen LogP contribution in [0.2, 0.25) is 0 Å². The summed E-state index contributed by atoms with van der Waals surface area (Å²) in [6, 6.07) is 0.617. The SMILES string of the molecule is NC1CCCC2C1=NC1C(I)=CC=CC21. The molecule has 0 amide bonds. The second-order valence-corrected chi connectivity index (χ2v) is 5.90. The van der Waals surface area contributed by atoms with Gasteiger partial charge in [0.2, 0.25) is 0 Å². The van der Waals surface area contributed by atoms with E-state index in [2.05, 4.69) is 40.8 Å². The molecule has 0 radical (unpaired) electrons. The highest BCUT2D eigenvalue weighted by atomic mass is 127. The van der Waals surface area contributed by atoms with Crippen LogP contribution in [-0.4, -0.2) is 17.8 Å². The van der Waals surface area contributed by atoms with Crippen LogP contribution < -0.4 is 5.73 Å². The molecular weight excluding hydrogens is 299 g/mol. The van der Waals surface area contributed by atoms with Crippen molar-refractivity contribution in [1.29, 1.82) is 0 Å². The number of hydrogen-bond donors (Lipinski definition) is 1. The third kappa shape index (κ3) is 1.51. The Hall–Kier alpha value is -0.160. The lowest BCUT2D eigenvalue weighted by molar-refractivity contribution is 0.419. The summed E-state index contributed by atoms with van der Waals surface area (Å²) >= 11 is 2.42. The number of aliphatic imine (C=N–C) groups is 1. The Morgan fingerprint density at radius 3 is 3.13 bits per heavy atom. The number of nitrogens with two attached hydrogens (primary N) is 1. The van der Waals surface area contributed by atoms with Gasteiger partial charge in [-0.3, -0.25) is 4.99 Å². The molecule has 2 N–H and O–H groups in total. The van der Waals surface area contributed by atoms with Crippen LogP contribution in [0.25, 0.3) is 0 Å². The molecule has 0 bridgehead atoms. The molecule has 1 aliphatic heterocycles. The molecule has 4 unspecified atom stereocenters. The second-order valence-electron chi connectivity index (χ2n) is 4.66. The summed E-state index contributed by atoms with van der Waals surface area (Å²) in [5.41, 5.74) is 7.44. The molecule has 15 heavy (non-hydrogen) atoms. The zero-order valence-corrected chi connectivity index (χ0v) is 10.7. The molecule has 1 heterocycles. The predicted molar refractivity (Wildman–Crippen MR) is 71.3 cm³/mol. The normalized spacial score (nSPS) is 43.1. The minimum absolute atomic E-state index is 0.229. The van der Waals surface area contributed by atoms with E-state index < -0.39 is 0 Å². The minimum Gasteiger partial charge on any atom is -0.323 e. The summed E-state index contributed by atoms with van der Waals surface area (Å²) in [5, 5.41) is 0. The topological polar surface area (TPSA) is 38.4 Å². The first-order valence-corrected chi connectivity index (χ1v) is 6.72. The Bertz CT molecular complexity index is 370. The van der Waals surface area contributed by atoms with Crippen molar-refractivity contribution >= 4 is 28.3 Å². The van der Waals surface area contributed by atoms with Crippen molar-refractivity contribution in [2.75, 3.05) is 0 Å². The number of halogens is 1. The van der Waals surface area contributed by atoms with Crippen LogP contribution in [0.1, 0.15) is 19.3 Å². The molecule has 3 aliphatic rings. The van der Waals surface area contributed by atoms with E-state index in [-0.39, 0.29) is 6.04 Å². The van der Waals surface area contributed by atoms with Crippen LogP contribution in [0, 0.1) is 11.8 Å². The second kappa shape index (κ2) is 3.70. The van der Waals surface area contributed by atoms with E-state index in [1.807, 2.05) is 0 Å². The Balaban J connectivity index is 1.97. The molecule has 3 rings (SSSR count). The van der Waals surface area contributed by atoms with Crippen molar-refractivity contribution in [3.63, 3.8) is 0 Å². The van der Waals surface area contributed by atoms with Crippen molar-refractivity contribution in [3.05, 3.63) is 21.8 Å². The van der Waals surface area contributed by atoms with E-state index in [1.54, 1.807) is 0 Å². The number of rotatable bonds is 0. The summed E-state index contributed by atoms with van der Waals surface area (Å²) in [5.74, 6) is 1.23. The van der Waals surface area contributed by atoms with E-state index in [0.29, 0.717) is 17.9 Å². The van der Waals surface area contributed by atoms with Gasteiger partial charge in [-0.2, -0.15) is 0 Å². The molecule has 0 aromatic carbocycles. The fraction of sp³-hybridized carbons (Fsp3) is 0.583. The van der Waals surface area contributed by atoms with Crippen LogP contribution in [0.4, 0.5) is 0 Å². The molecule has 0 aromatic heterocycles. The smallest absolute Gasteiger partial charge is 0.0874 e. The van der Waals surface area contributed by atoms with Crippen molar-refractivity contribution in [2.24, 2.45) is 22.6 Å². The Morgan fingerprint density at radius 2 is 2.27 bits per heavy atom. The van der Waals surface area contributed by atoms with Gasteiger partial charge < -0.3 is 5.73 Å². The molecule has 1 saturated carbocycles. The van der Waals surface area contributed by atoms with Gasteiger partial charge in [0.15, 0.2) is 0 Å². The molecule has 4 atom stereocenters. The lowest BCUT2D eigenvalue weighted by atomic mass is 9.76. The fourth-order valence-electron chi connectivity index (χ4n) is 3.04. The molecule has 3 heteroatoms. The van der Waals surface area contributed by atoms with E-state index >= 15 is 0 Å². The maximum absolute atomic E-state index is 6.14. The predicted octanol–water partition coefficient (Wildman–Crippen LogP) is 2.44. The van der Waals surface area contributed by atoms with Crippen molar-refractivity contribution in [2.45, 2.75) is 31.3 Å². The monoisotopic (exact) mass is 314 g/mol. The third-order valence-electron chi connectivity index (χ3n) is 3.78. The highest BCUT2D eigenvalue weighted by molar-refractivity contribution is 14.1. The van der Waals surface area contributed by atoms with E-state index in [1.165, 1.54) is 22.1 Å². The van der Waals surface area contributed by atoms with Gasteiger partial charge in [-0.1, -0.05) is 24.6 Å². The van der Waals surface area contributed by atoms with E-state index in [0.717, 1.165) is 6.42 Å². The number of allylic oxidation sites excluding steroid dienone is 2. The standard InChI is InChI=1S/C12H15IN2/c13-9-5-1-3-7-8-4-2-6-10(14)12(8)15-11(7)9/h1,3,5,7-8,10-11H,2,4,6,14H2. The first kappa shape index (κ1) is 10.0. The van der Waals surface area contributed by atoms with Crippen LogP contribution in [0.3, 0.4) is 0 Å². The van der Waals surface area contributed by atoms with Gasteiger partial charge in [-0.05, 0) is 35.4 Å². The molecule has 2 aliphatic carbocycles. The Kier molecular flexibility index (Phi) is 2.47. The quantitative estimate of drug-likeness (QED) is 0.685. The van der Waals surface area contributed by atoms with Gasteiger partial charge in [0.1, 0.15) is 0 Å². The van der Waals surface area contributed by atoms with Crippen molar-refractivity contribution < 1.29 is 0 Å². The van der Waals surface area contributed by atoms with Crippen LogP contribution in [-0.2, 0) is 0 Å². The Labute approximate surface area is 104 Å². The van der Waals surface area contributed by atoms with Gasteiger partial charge in [-0.15, -0.1) is 0 Å². The Morgan fingerprint density at radius 1 is 1.40 bits per heavy atom. The minimum atomic E-state index is 0.229. The fourth-order valence-corrected chi connectivity index (χ4v) is 3.80. The number of hydrogen-bond acceptors (Lipinski definition) is 2. The molecule has 0 saturated heterocycles. The lowest BCUT2D eigenvalue weighted by Crippen LogP contribution is -2.39. The number of nitrogens with zero attached hydrogens (tertiary/aromatic N) is 1. The van der Waals surface area contributed by atoms with Gasteiger partial charge >= 0.3 is 0 Å². The third-order valence-corrected chi connectivity index (χ3v) is 4.78. The van der Waals surface area contributed by atoms with Crippen LogP contribution in [0.5, 0.6) is 0 Å². The van der Waals surface area contributed by atoms with Gasteiger partial charge in [0.25, 0.3) is 0 Å². The number of fused-ring (bicyclic) bond motifs is 3. The maximum Gasteiger partial charge on any atom is 0.0874 e. The lowest BCUT2D eigenvalue weighted by Gasteiger charge is -2.29. The largest absolute Gasteiger partial charge is 0.323 e. The summed E-state index contributed by atoms with van der Waals surface area (Å²) in [6.07, 6.45) is 10.4. The van der Waals surface area contributed by atoms with Gasteiger partial charge in [-0.25, -0.2) is 0 Å². The summed E-state index contributed by atoms with van der Waals surface area (Å²) in [4.78, 5) is 4.86. The molecule has 0 spiro atoms. The zero-order valence-electron chi connectivity index (χ0n) is 8.57. The molecular formula is C12H15IN2. The van der Waals surface area contributed by atoms with Crippen LogP contribution >= 0.6 is 22.6 Å². The highest BCUT2D eigenvalue weighted by Crippen LogP contribution is 2.42. The molecule has 0 aromatic rings. The maximum atomic E-state index is 6.14. The van der Waals surface area contributed by atoms with E-state index in [9.17, 15) is 0 Å². The highest BCUT2D eigenvalue weighted by Gasteiger charge is 2.42. The summed E-state index contributed by atoms with van der Waals surface area (Å²) < 4.78 is 1.37. The molecule has 1 fully saturated rings. The van der Waals surface area contributed by atoms with Gasteiger partial charge in [0, 0.05) is 27.2 Å². The van der Waals surface area contributed by atoms with Crippen molar-refractivity contribution in [3.8, 4) is 0 Å². The summed E-state index contributed by atoms with van der Waals surface area (Å²) in [6.45, 7) is 0. The summed E-state index contributed by atoms with van der Waals surface area (Å²) in [7, 11) is 0. The molecule has 80 valence electrons. The molecule has 2 nitrogen and oxygen atoms in total.